The third-order valence-electron chi connectivity index (χ3n) is 2.84. The van der Waals surface area contributed by atoms with Gasteiger partial charge in [-0.05, 0) is 17.7 Å². The molecule has 92 valence electrons. The van der Waals surface area contributed by atoms with E-state index in [0.29, 0.717) is 10.0 Å². The lowest BCUT2D eigenvalue weighted by molar-refractivity contribution is -0.503. The summed E-state index contributed by atoms with van der Waals surface area (Å²) in [7, 11) is 0. The third-order valence-corrected chi connectivity index (χ3v) is 3.33. The highest BCUT2D eigenvalue weighted by Gasteiger charge is 2.72. The maximum atomic E-state index is 12.6. The van der Waals surface area contributed by atoms with Crippen LogP contribution in [-0.2, 0) is 0 Å². The number of benzene rings is 1. The van der Waals surface area contributed by atoms with E-state index in [-0.39, 0.29) is 0 Å². The van der Waals surface area contributed by atoms with E-state index in [2.05, 4.69) is 15.9 Å². The van der Waals surface area contributed by atoms with Gasteiger partial charge in [0.1, 0.15) is 5.92 Å². The first kappa shape index (κ1) is 12.3. The van der Waals surface area contributed by atoms with Crippen molar-refractivity contribution in [2.24, 2.45) is 5.92 Å². The molecule has 1 aromatic carbocycles. The van der Waals surface area contributed by atoms with Crippen molar-refractivity contribution in [2.75, 3.05) is 0 Å². The van der Waals surface area contributed by atoms with Gasteiger partial charge in [-0.1, -0.05) is 28.1 Å². The summed E-state index contributed by atoms with van der Waals surface area (Å²) in [6.45, 7) is 0. The standard InChI is InChI=1S/C10H7BrF3NO2/c11-6-3-1-2-5(4-6)7-8(10(12,13)14)9(7)15(16)17/h1-4,7-9H/t7-,8+,9+/m1/s1. The van der Waals surface area contributed by atoms with Crippen LogP contribution in [0.5, 0.6) is 0 Å². The summed E-state index contributed by atoms with van der Waals surface area (Å²) in [6.07, 6.45) is -4.52. The maximum Gasteiger partial charge on any atom is 0.399 e. The van der Waals surface area contributed by atoms with E-state index in [9.17, 15) is 23.3 Å². The molecule has 0 aliphatic heterocycles. The monoisotopic (exact) mass is 309 g/mol. The minimum Gasteiger partial charge on any atom is -0.264 e. The molecular weight excluding hydrogens is 303 g/mol. The summed E-state index contributed by atoms with van der Waals surface area (Å²) in [5.74, 6) is -2.94. The smallest absolute Gasteiger partial charge is 0.264 e. The molecule has 1 saturated carbocycles. The molecule has 0 unspecified atom stereocenters. The van der Waals surface area contributed by atoms with Crippen LogP contribution in [0.1, 0.15) is 11.5 Å². The molecule has 3 nitrogen and oxygen atoms in total. The molecule has 0 bridgehead atoms. The third kappa shape index (κ3) is 2.29. The van der Waals surface area contributed by atoms with E-state index >= 15 is 0 Å². The first-order valence-electron chi connectivity index (χ1n) is 4.78. The largest absolute Gasteiger partial charge is 0.399 e. The van der Waals surface area contributed by atoms with Crippen molar-refractivity contribution in [1.82, 2.24) is 0 Å². The van der Waals surface area contributed by atoms with Gasteiger partial charge in [0.05, 0.1) is 5.92 Å². The SMILES string of the molecule is O=[N+]([O-])[C@H]1[C@H](c2cccc(Br)c2)[C@@H]1C(F)(F)F. The Labute approximate surface area is 103 Å². The van der Waals surface area contributed by atoms with Gasteiger partial charge in [0.25, 0.3) is 0 Å². The van der Waals surface area contributed by atoms with E-state index in [1.54, 1.807) is 12.1 Å². The fourth-order valence-corrected chi connectivity index (χ4v) is 2.49. The minimum atomic E-state index is -4.52. The fraction of sp³-hybridized carbons (Fsp3) is 0.400. The fourth-order valence-electron chi connectivity index (χ4n) is 2.07. The molecule has 3 atom stereocenters. The maximum absolute atomic E-state index is 12.6. The van der Waals surface area contributed by atoms with Crippen molar-refractivity contribution < 1.29 is 18.1 Å². The summed E-state index contributed by atoms with van der Waals surface area (Å²) in [5.41, 5.74) is 0.350. The van der Waals surface area contributed by atoms with Crippen LogP contribution in [0.15, 0.2) is 28.7 Å². The average Bonchev–Trinajstić information content (AvgIpc) is 2.91. The van der Waals surface area contributed by atoms with Gasteiger partial charge in [0.15, 0.2) is 0 Å². The first-order chi connectivity index (χ1) is 7.82. The Morgan fingerprint density at radius 3 is 2.41 bits per heavy atom. The number of nitro groups is 1. The molecule has 7 heteroatoms. The van der Waals surface area contributed by atoms with Crippen LogP contribution in [-0.4, -0.2) is 17.1 Å². The molecule has 1 fully saturated rings. The zero-order chi connectivity index (χ0) is 12.8. The van der Waals surface area contributed by atoms with Crippen LogP contribution in [0.3, 0.4) is 0 Å². The van der Waals surface area contributed by atoms with Gasteiger partial charge in [-0.25, -0.2) is 0 Å². The van der Waals surface area contributed by atoms with Crippen LogP contribution in [0, 0.1) is 16.0 Å². The van der Waals surface area contributed by atoms with Crippen LogP contribution >= 0.6 is 15.9 Å². The molecule has 2 rings (SSSR count). The Bertz CT molecular complexity index is 463. The highest BCUT2D eigenvalue weighted by molar-refractivity contribution is 9.10. The van der Waals surface area contributed by atoms with Gasteiger partial charge in [-0.2, -0.15) is 13.2 Å². The van der Waals surface area contributed by atoms with Crippen molar-refractivity contribution in [2.45, 2.75) is 18.1 Å². The Hall–Kier alpha value is -1.11. The zero-order valence-electron chi connectivity index (χ0n) is 8.32. The number of hydrogen-bond acceptors (Lipinski definition) is 2. The van der Waals surface area contributed by atoms with Crippen molar-refractivity contribution in [1.29, 1.82) is 0 Å². The minimum absolute atomic E-state index is 0.350. The van der Waals surface area contributed by atoms with Gasteiger partial charge < -0.3 is 0 Å². The van der Waals surface area contributed by atoms with Crippen molar-refractivity contribution >= 4 is 15.9 Å². The van der Waals surface area contributed by atoms with Gasteiger partial charge in [-0.3, -0.25) is 10.1 Å². The van der Waals surface area contributed by atoms with Crippen LogP contribution < -0.4 is 0 Å². The molecule has 1 aliphatic carbocycles. The Morgan fingerprint density at radius 2 is 2.00 bits per heavy atom. The number of hydrogen-bond donors (Lipinski definition) is 0. The summed E-state index contributed by atoms with van der Waals surface area (Å²) in [4.78, 5) is 9.74. The zero-order valence-corrected chi connectivity index (χ0v) is 9.90. The summed E-state index contributed by atoms with van der Waals surface area (Å²) >= 11 is 3.13. The number of alkyl halides is 3. The lowest BCUT2D eigenvalue weighted by Gasteiger charge is -2.03. The van der Waals surface area contributed by atoms with Gasteiger partial charge in [-0.15, -0.1) is 0 Å². The molecule has 17 heavy (non-hydrogen) atoms. The summed E-state index contributed by atoms with van der Waals surface area (Å²) in [5, 5.41) is 10.6. The van der Waals surface area contributed by atoms with E-state index in [1.165, 1.54) is 12.1 Å². The first-order valence-corrected chi connectivity index (χ1v) is 5.57. The van der Waals surface area contributed by atoms with Crippen LogP contribution in [0.25, 0.3) is 0 Å². The van der Waals surface area contributed by atoms with E-state index in [0.717, 1.165) is 0 Å². The van der Waals surface area contributed by atoms with Crippen molar-refractivity contribution in [3.05, 3.63) is 44.4 Å². The molecule has 0 N–H and O–H groups in total. The highest BCUT2D eigenvalue weighted by atomic mass is 79.9. The molecule has 0 heterocycles. The van der Waals surface area contributed by atoms with Crippen molar-refractivity contribution in [3.8, 4) is 0 Å². The van der Waals surface area contributed by atoms with Gasteiger partial charge in [0.2, 0.25) is 6.04 Å². The number of halogens is 4. The second-order valence-corrected chi connectivity index (χ2v) is 4.84. The molecule has 0 aromatic heterocycles. The van der Waals surface area contributed by atoms with Crippen molar-refractivity contribution in [3.63, 3.8) is 0 Å². The summed E-state index contributed by atoms with van der Waals surface area (Å²) < 4.78 is 38.3. The average molecular weight is 310 g/mol. The molecule has 1 aromatic rings. The predicted molar refractivity (Wildman–Crippen MR) is 57.2 cm³/mol. The molecule has 0 amide bonds. The second kappa shape index (κ2) is 3.97. The highest BCUT2D eigenvalue weighted by Crippen LogP contribution is 2.57. The summed E-state index contributed by atoms with van der Waals surface area (Å²) in [6, 6.07) is 4.66. The normalized spacial score (nSPS) is 27.9. The topological polar surface area (TPSA) is 43.1 Å². The number of rotatable bonds is 2. The van der Waals surface area contributed by atoms with Gasteiger partial charge >= 0.3 is 6.18 Å². The lowest BCUT2D eigenvalue weighted by atomic mass is 10.1. The molecule has 0 saturated heterocycles. The Morgan fingerprint density at radius 1 is 1.35 bits per heavy atom. The molecule has 0 spiro atoms. The van der Waals surface area contributed by atoms with E-state index in [4.69, 9.17) is 0 Å². The quantitative estimate of drug-likeness (QED) is 0.621. The van der Waals surface area contributed by atoms with E-state index < -0.39 is 29.0 Å². The molecular formula is C10H7BrF3NO2. The Balaban J connectivity index is 2.30. The van der Waals surface area contributed by atoms with Gasteiger partial charge in [0, 0.05) is 9.40 Å². The Kier molecular flexibility index (Phi) is 2.89. The lowest BCUT2D eigenvalue weighted by Crippen LogP contribution is -2.17. The van der Waals surface area contributed by atoms with E-state index in [1.807, 2.05) is 0 Å². The predicted octanol–water partition coefficient (Wildman–Crippen LogP) is 3.37. The molecule has 0 radical (unpaired) electrons. The van der Waals surface area contributed by atoms with Crippen LogP contribution in [0.4, 0.5) is 13.2 Å². The van der Waals surface area contributed by atoms with Crippen LogP contribution in [0.2, 0.25) is 0 Å². The second-order valence-electron chi connectivity index (χ2n) is 3.92. The number of nitrogens with zero attached hydrogens (tertiary/aromatic N) is 1. The molecule has 1 aliphatic rings.